The van der Waals surface area contributed by atoms with E-state index >= 15 is 0 Å². The summed E-state index contributed by atoms with van der Waals surface area (Å²) in [7, 11) is 4.82. The first-order valence-corrected chi connectivity index (χ1v) is 16.4. The molecule has 0 spiro atoms. The van der Waals surface area contributed by atoms with Crippen molar-refractivity contribution in [2.45, 2.75) is 57.4 Å². The Bertz CT molecular complexity index is 1680. The quantitative estimate of drug-likeness (QED) is 0.209. The Morgan fingerprint density at radius 3 is 2.58 bits per heavy atom. The predicted molar refractivity (Wildman–Crippen MR) is 176 cm³/mol. The molecule has 43 heavy (non-hydrogen) atoms. The van der Waals surface area contributed by atoms with Gasteiger partial charge in [0.05, 0.1) is 18.3 Å². The van der Waals surface area contributed by atoms with Crippen molar-refractivity contribution >= 4 is 55.4 Å². The highest BCUT2D eigenvalue weighted by molar-refractivity contribution is 7.98. The molecule has 4 heterocycles. The molecule has 0 radical (unpaired) electrons. The van der Waals surface area contributed by atoms with E-state index in [2.05, 4.69) is 28.4 Å². The van der Waals surface area contributed by atoms with Gasteiger partial charge >= 0.3 is 0 Å². The molecule has 226 valence electrons. The highest BCUT2D eigenvalue weighted by Crippen LogP contribution is 2.39. The zero-order chi connectivity index (χ0) is 30.6. The van der Waals surface area contributed by atoms with Crippen molar-refractivity contribution in [1.82, 2.24) is 24.0 Å². The van der Waals surface area contributed by atoms with E-state index in [4.69, 9.17) is 25.2 Å². The third-order valence-electron chi connectivity index (χ3n) is 8.68. The van der Waals surface area contributed by atoms with Crippen LogP contribution in [-0.2, 0) is 13.1 Å². The lowest BCUT2D eigenvalue weighted by atomic mass is 9.77. The standard InChI is InChI=1S/C30H40B2N6O4S/c1-16-14-37(17(2)25(16)33)29(39)20-11-21-26(23(13-20)41-3)36(9-10-43-4)28(34-21)22-12-19-7-8-24(42-30(31,32)40)35-27(19)38(22)15-18-5-6-18/h7-8,11-13,16-18,25,40H,5-6,9-10,14-15,31-33H2,1-4H3/t16-,17-,25-/m1/s1. The van der Waals surface area contributed by atoms with Crippen molar-refractivity contribution in [3.63, 3.8) is 0 Å². The third-order valence-corrected chi connectivity index (χ3v) is 9.27. The Morgan fingerprint density at radius 1 is 1.19 bits per heavy atom. The molecule has 1 aliphatic carbocycles. The van der Waals surface area contributed by atoms with Crippen molar-refractivity contribution in [3.05, 3.63) is 35.9 Å². The molecule has 3 aromatic heterocycles. The number of methoxy groups -OCH3 is 1. The van der Waals surface area contributed by atoms with Crippen molar-refractivity contribution in [2.75, 3.05) is 25.7 Å². The molecule has 1 saturated carbocycles. The fourth-order valence-electron chi connectivity index (χ4n) is 6.17. The number of carbonyl (C=O) groups is 1. The summed E-state index contributed by atoms with van der Waals surface area (Å²) < 4.78 is 16.1. The number of nitrogens with zero attached hydrogens (tertiary/aromatic N) is 5. The number of amides is 1. The van der Waals surface area contributed by atoms with Gasteiger partial charge in [-0.2, -0.15) is 16.7 Å². The van der Waals surface area contributed by atoms with Gasteiger partial charge in [0.15, 0.2) is 21.5 Å². The number of fused-ring (bicyclic) bond motifs is 2. The number of pyridine rings is 1. The normalized spacial score (nSPS) is 20.8. The van der Waals surface area contributed by atoms with E-state index in [1.54, 1.807) is 40.6 Å². The Labute approximate surface area is 258 Å². The molecule has 0 unspecified atom stereocenters. The molecule has 6 rings (SSSR count). The first-order chi connectivity index (χ1) is 20.5. The van der Waals surface area contributed by atoms with Crippen LogP contribution in [0.5, 0.6) is 11.6 Å². The maximum absolute atomic E-state index is 13.8. The lowest BCUT2D eigenvalue weighted by Gasteiger charge is -2.23. The number of ether oxygens (including phenoxy) is 2. The molecule has 10 nitrogen and oxygen atoms in total. The first-order valence-electron chi connectivity index (χ1n) is 15.0. The maximum atomic E-state index is 13.8. The number of rotatable bonds is 10. The van der Waals surface area contributed by atoms with Crippen LogP contribution in [0.25, 0.3) is 33.6 Å². The van der Waals surface area contributed by atoms with E-state index in [1.165, 1.54) is 12.8 Å². The van der Waals surface area contributed by atoms with Crippen LogP contribution in [0.4, 0.5) is 0 Å². The number of aromatic nitrogens is 4. The van der Waals surface area contributed by atoms with Crippen LogP contribution < -0.4 is 15.2 Å². The number of hydrogen-bond acceptors (Lipinski definition) is 8. The van der Waals surface area contributed by atoms with Gasteiger partial charge in [-0.15, -0.1) is 0 Å². The Kier molecular flexibility index (Phi) is 7.93. The number of nitrogens with two attached hydrogens (primary N) is 1. The molecule has 4 aromatic rings. The van der Waals surface area contributed by atoms with Crippen LogP contribution in [-0.4, -0.2) is 94.0 Å². The van der Waals surface area contributed by atoms with Gasteiger partial charge < -0.3 is 34.3 Å². The van der Waals surface area contributed by atoms with Gasteiger partial charge in [0.1, 0.15) is 22.5 Å². The van der Waals surface area contributed by atoms with Crippen molar-refractivity contribution in [3.8, 4) is 23.1 Å². The third kappa shape index (κ3) is 5.74. The van der Waals surface area contributed by atoms with E-state index in [0.29, 0.717) is 35.2 Å². The van der Waals surface area contributed by atoms with Crippen LogP contribution in [0.2, 0.25) is 0 Å². The number of benzene rings is 1. The second kappa shape index (κ2) is 11.4. The summed E-state index contributed by atoms with van der Waals surface area (Å²) in [6.07, 6.45) is 4.45. The van der Waals surface area contributed by atoms with E-state index in [-0.39, 0.29) is 23.9 Å². The Balaban J connectivity index is 1.51. The highest BCUT2D eigenvalue weighted by Gasteiger charge is 2.37. The first kappa shape index (κ1) is 29.9. The van der Waals surface area contributed by atoms with Crippen molar-refractivity contribution in [2.24, 2.45) is 17.6 Å². The van der Waals surface area contributed by atoms with Gasteiger partial charge in [0, 0.05) is 54.5 Å². The van der Waals surface area contributed by atoms with Crippen LogP contribution in [0.15, 0.2) is 30.3 Å². The summed E-state index contributed by atoms with van der Waals surface area (Å²) >= 11 is 1.77. The fourth-order valence-corrected chi connectivity index (χ4v) is 6.54. The van der Waals surface area contributed by atoms with Gasteiger partial charge in [-0.25, -0.2) is 4.98 Å². The number of aryl methyl sites for hydroxylation is 1. The summed E-state index contributed by atoms with van der Waals surface area (Å²) in [5.41, 5.74) is 8.90. The molecule has 1 aromatic carbocycles. The molecule has 3 atom stereocenters. The summed E-state index contributed by atoms with van der Waals surface area (Å²) in [6.45, 7) is 6.27. The topological polar surface area (TPSA) is 121 Å². The van der Waals surface area contributed by atoms with Gasteiger partial charge in [0.25, 0.3) is 5.91 Å². The molecule has 0 bridgehead atoms. The second-order valence-electron chi connectivity index (χ2n) is 12.6. The minimum absolute atomic E-state index is 0.0465. The SMILES string of the molecule is BC(B)(O)Oc1ccc2cc(-c3nc4cc(C(=O)N5C[C@@H](C)[C@@H](N)[C@H]5C)cc(OC)c4n3CCSC)n(CC3CC3)c2n1. The molecule has 13 heteroatoms. The molecular weight excluding hydrogens is 562 g/mol. The fraction of sp³-hybridized carbons (Fsp3) is 0.500. The maximum Gasteiger partial charge on any atom is 0.254 e. The minimum atomic E-state index is -1.34. The number of carbonyl (C=O) groups excluding carboxylic acids is 1. The van der Waals surface area contributed by atoms with Gasteiger partial charge in [0.2, 0.25) is 5.88 Å². The smallest absolute Gasteiger partial charge is 0.254 e. The summed E-state index contributed by atoms with van der Waals surface area (Å²) in [5, 5.41) is 11.2. The average molecular weight is 602 g/mol. The van der Waals surface area contributed by atoms with Gasteiger partial charge in [-0.3, -0.25) is 4.79 Å². The van der Waals surface area contributed by atoms with E-state index in [1.807, 2.05) is 30.0 Å². The number of likely N-dealkylation sites (tertiary alicyclic amines) is 1. The van der Waals surface area contributed by atoms with Gasteiger partial charge in [-0.1, -0.05) is 6.92 Å². The molecule has 2 aliphatic rings. The molecule has 1 amide bonds. The number of hydrogen-bond donors (Lipinski definition) is 2. The largest absolute Gasteiger partial charge is 0.494 e. The second-order valence-corrected chi connectivity index (χ2v) is 13.6. The molecule has 1 aliphatic heterocycles. The van der Waals surface area contributed by atoms with E-state index in [9.17, 15) is 9.90 Å². The zero-order valence-electron chi connectivity index (χ0n) is 25.8. The Morgan fingerprint density at radius 2 is 1.95 bits per heavy atom. The summed E-state index contributed by atoms with van der Waals surface area (Å²) in [5.74, 6) is 3.43. The summed E-state index contributed by atoms with van der Waals surface area (Å²) in [6, 6.07) is 9.53. The zero-order valence-corrected chi connectivity index (χ0v) is 26.6. The monoisotopic (exact) mass is 602 g/mol. The summed E-state index contributed by atoms with van der Waals surface area (Å²) in [4.78, 5) is 25.6. The van der Waals surface area contributed by atoms with Crippen molar-refractivity contribution < 1.29 is 19.4 Å². The van der Waals surface area contributed by atoms with Crippen LogP contribution >= 0.6 is 11.8 Å². The van der Waals surface area contributed by atoms with Crippen LogP contribution in [0, 0.1) is 11.8 Å². The van der Waals surface area contributed by atoms with E-state index in [0.717, 1.165) is 46.9 Å². The van der Waals surface area contributed by atoms with E-state index < -0.39 is 5.59 Å². The molecular formula is C30H40B2N6O4S. The lowest BCUT2D eigenvalue weighted by molar-refractivity contribution is 0.00942. The lowest BCUT2D eigenvalue weighted by Crippen LogP contribution is -2.40. The van der Waals surface area contributed by atoms with Crippen LogP contribution in [0.1, 0.15) is 37.0 Å². The number of thioether (sulfide) groups is 1. The molecule has 2 fully saturated rings. The van der Waals surface area contributed by atoms with Gasteiger partial charge in [-0.05, 0) is 62.1 Å². The number of imidazole rings is 1. The predicted octanol–water partition coefficient (Wildman–Crippen LogP) is 1.89. The minimum Gasteiger partial charge on any atom is -0.494 e. The van der Waals surface area contributed by atoms with Crippen LogP contribution in [0.3, 0.4) is 0 Å². The highest BCUT2D eigenvalue weighted by atomic mass is 32.2. The molecule has 3 N–H and O–H groups in total. The molecule has 1 saturated heterocycles. The Hall–Kier alpha value is -3.15. The number of aliphatic hydroxyl groups is 1. The van der Waals surface area contributed by atoms with Crippen molar-refractivity contribution in [1.29, 1.82) is 0 Å². The average Bonchev–Trinajstić information content (AvgIpc) is 3.54.